The Morgan fingerprint density at radius 1 is 1.38 bits per heavy atom. The van der Waals surface area contributed by atoms with E-state index in [4.69, 9.17) is 5.11 Å². The van der Waals surface area contributed by atoms with Crippen molar-refractivity contribution in [1.82, 2.24) is 0 Å². The first-order valence-electron chi connectivity index (χ1n) is 3.75. The van der Waals surface area contributed by atoms with E-state index in [0.717, 1.165) is 11.6 Å². The SMILES string of the molecule is O=[N+]([O-])C(O)C=Cc1ccccc1. The second kappa shape index (κ2) is 4.37. The van der Waals surface area contributed by atoms with Gasteiger partial charge in [-0.2, -0.15) is 0 Å². The van der Waals surface area contributed by atoms with Crippen molar-refractivity contribution in [3.05, 3.63) is 52.1 Å². The fourth-order valence-corrected chi connectivity index (χ4v) is 0.832. The van der Waals surface area contributed by atoms with Crippen molar-refractivity contribution in [1.29, 1.82) is 0 Å². The van der Waals surface area contributed by atoms with Gasteiger partial charge in [-0.05, 0) is 11.6 Å². The Hall–Kier alpha value is -1.68. The molecular weight excluding hydrogens is 170 g/mol. The molecule has 0 fully saturated rings. The number of rotatable bonds is 3. The van der Waals surface area contributed by atoms with E-state index in [0.29, 0.717) is 0 Å². The summed E-state index contributed by atoms with van der Waals surface area (Å²) >= 11 is 0. The van der Waals surface area contributed by atoms with E-state index < -0.39 is 11.2 Å². The number of benzene rings is 1. The summed E-state index contributed by atoms with van der Waals surface area (Å²) in [7, 11) is 0. The summed E-state index contributed by atoms with van der Waals surface area (Å²) in [5.41, 5.74) is 0.823. The standard InChI is InChI=1S/C9H9NO3/c11-9(10(12)13)7-6-8-4-2-1-3-5-8/h1-7,9,11H. The van der Waals surface area contributed by atoms with Gasteiger partial charge in [-0.25, -0.2) is 0 Å². The van der Waals surface area contributed by atoms with Crippen molar-refractivity contribution in [3.8, 4) is 0 Å². The first-order chi connectivity index (χ1) is 6.20. The van der Waals surface area contributed by atoms with Crippen LogP contribution in [-0.4, -0.2) is 16.3 Å². The fraction of sp³-hybridized carbons (Fsp3) is 0.111. The second-order valence-corrected chi connectivity index (χ2v) is 2.47. The van der Waals surface area contributed by atoms with Gasteiger partial charge in [0, 0.05) is 6.08 Å². The third-order valence-corrected chi connectivity index (χ3v) is 1.48. The number of hydrogen-bond donors (Lipinski definition) is 1. The van der Waals surface area contributed by atoms with E-state index in [1.807, 2.05) is 18.2 Å². The van der Waals surface area contributed by atoms with Crippen LogP contribution < -0.4 is 0 Å². The molecule has 1 rings (SSSR count). The van der Waals surface area contributed by atoms with E-state index in [1.54, 1.807) is 12.1 Å². The molecule has 0 spiro atoms. The molecule has 0 saturated carbocycles. The zero-order valence-electron chi connectivity index (χ0n) is 6.83. The molecule has 13 heavy (non-hydrogen) atoms. The zero-order chi connectivity index (χ0) is 9.68. The van der Waals surface area contributed by atoms with Crippen LogP contribution in [0.2, 0.25) is 0 Å². The Labute approximate surface area is 75.3 Å². The van der Waals surface area contributed by atoms with Crippen molar-refractivity contribution >= 4 is 6.08 Å². The fourth-order valence-electron chi connectivity index (χ4n) is 0.832. The second-order valence-electron chi connectivity index (χ2n) is 2.47. The van der Waals surface area contributed by atoms with Gasteiger partial charge in [-0.1, -0.05) is 30.3 Å². The number of aliphatic hydroxyl groups excluding tert-OH is 1. The molecule has 1 unspecified atom stereocenters. The first-order valence-corrected chi connectivity index (χ1v) is 3.75. The third kappa shape index (κ3) is 3.04. The molecule has 0 aliphatic rings. The lowest BCUT2D eigenvalue weighted by Gasteiger charge is -1.94. The van der Waals surface area contributed by atoms with Crippen LogP contribution in [0, 0.1) is 10.1 Å². The summed E-state index contributed by atoms with van der Waals surface area (Å²) in [5, 5.41) is 18.8. The summed E-state index contributed by atoms with van der Waals surface area (Å²) in [4.78, 5) is 9.26. The maximum Gasteiger partial charge on any atom is 0.333 e. The molecule has 4 heteroatoms. The molecule has 0 bridgehead atoms. The van der Waals surface area contributed by atoms with Crippen LogP contribution in [0.1, 0.15) is 5.56 Å². The minimum Gasteiger partial charge on any atom is -0.330 e. The van der Waals surface area contributed by atoms with Gasteiger partial charge < -0.3 is 5.11 Å². The van der Waals surface area contributed by atoms with Crippen LogP contribution in [0.25, 0.3) is 6.08 Å². The van der Waals surface area contributed by atoms with Gasteiger partial charge in [0.15, 0.2) is 0 Å². The Morgan fingerprint density at radius 3 is 2.54 bits per heavy atom. The summed E-state index contributed by atoms with van der Waals surface area (Å²) in [6.45, 7) is 0. The molecule has 0 radical (unpaired) electrons. The number of aliphatic hydroxyl groups is 1. The predicted octanol–water partition coefficient (Wildman–Crippen LogP) is 1.29. The molecule has 0 aliphatic heterocycles. The molecule has 1 atom stereocenters. The van der Waals surface area contributed by atoms with E-state index in [9.17, 15) is 10.1 Å². The van der Waals surface area contributed by atoms with Crippen LogP contribution >= 0.6 is 0 Å². The number of hydrogen-bond acceptors (Lipinski definition) is 3. The van der Waals surface area contributed by atoms with E-state index >= 15 is 0 Å². The monoisotopic (exact) mass is 179 g/mol. The molecule has 4 nitrogen and oxygen atoms in total. The molecule has 1 aromatic carbocycles. The summed E-state index contributed by atoms with van der Waals surface area (Å²) in [6, 6.07) is 9.07. The predicted molar refractivity (Wildman–Crippen MR) is 48.5 cm³/mol. The molecule has 0 heterocycles. The maximum atomic E-state index is 10.0. The molecule has 0 amide bonds. The van der Waals surface area contributed by atoms with Crippen molar-refractivity contribution in [2.75, 3.05) is 0 Å². The largest absolute Gasteiger partial charge is 0.333 e. The minimum absolute atomic E-state index is 0.764. The highest BCUT2D eigenvalue weighted by Gasteiger charge is 2.08. The van der Waals surface area contributed by atoms with Crippen molar-refractivity contribution in [3.63, 3.8) is 0 Å². The lowest BCUT2D eigenvalue weighted by atomic mass is 10.2. The van der Waals surface area contributed by atoms with Crippen LogP contribution in [0.15, 0.2) is 36.4 Å². The molecule has 68 valence electrons. The lowest BCUT2D eigenvalue weighted by Crippen LogP contribution is -2.14. The van der Waals surface area contributed by atoms with Gasteiger partial charge in [0.25, 0.3) is 0 Å². The molecule has 0 aliphatic carbocycles. The Morgan fingerprint density at radius 2 is 2.00 bits per heavy atom. The molecule has 0 saturated heterocycles. The summed E-state index contributed by atoms with van der Waals surface area (Å²) < 4.78 is 0. The van der Waals surface area contributed by atoms with Gasteiger partial charge in [0.1, 0.15) is 0 Å². The number of nitro groups is 1. The van der Waals surface area contributed by atoms with E-state index in [2.05, 4.69) is 0 Å². The molecular formula is C9H9NO3. The quantitative estimate of drug-likeness (QED) is 0.432. The van der Waals surface area contributed by atoms with Crippen molar-refractivity contribution < 1.29 is 10.0 Å². The van der Waals surface area contributed by atoms with Crippen molar-refractivity contribution in [2.45, 2.75) is 6.23 Å². The highest BCUT2D eigenvalue weighted by Crippen LogP contribution is 2.01. The van der Waals surface area contributed by atoms with Gasteiger partial charge in [-0.3, -0.25) is 10.1 Å². The third-order valence-electron chi connectivity index (χ3n) is 1.48. The van der Waals surface area contributed by atoms with Gasteiger partial charge >= 0.3 is 6.23 Å². The van der Waals surface area contributed by atoms with E-state index in [1.165, 1.54) is 6.08 Å². The highest BCUT2D eigenvalue weighted by atomic mass is 16.7. The van der Waals surface area contributed by atoms with Crippen LogP contribution in [-0.2, 0) is 0 Å². The van der Waals surface area contributed by atoms with Gasteiger partial charge in [0.05, 0.1) is 4.92 Å². The average Bonchev–Trinajstić information content (AvgIpc) is 2.15. The molecule has 0 aromatic heterocycles. The smallest absolute Gasteiger partial charge is 0.330 e. The first kappa shape index (κ1) is 9.41. The highest BCUT2D eigenvalue weighted by molar-refractivity contribution is 5.48. The van der Waals surface area contributed by atoms with Crippen molar-refractivity contribution in [2.24, 2.45) is 0 Å². The molecule has 1 aromatic rings. The summed E-state index contributed by atoms with van der Waals surface area (Å²) in [5.74, 6) is 0. The topological polar surface area (TPSA) is 63.4 Å². The maximum absolute atomic E-state index is 10.0. The van der Waals surface area contributed by atoms with Crippen LogP contribution in [0.5, 0.6) is 0 Å². The van der Waals surface area contributed by atoms with E-state index in [-0.39, 0.29) is 0 Å². The zero-order valence-corrected chi connectivity index (χ0v) is 6.83. The molecule has 1 N–H and O–H groups in total. The van der Waals surface area contributed by atoms with Crippen LogP contribution in [0.3, 0.4) is 0 Å². The number of nitrogens with zero attached hydrogens (tertiary/aromatic N) is 1. The Bertz CT molecular complexity index is 308. The van der Waals surface area contributed by atoms with Gasteiger partial charge in [0.2, 0.25) is 0 Å². The Kier molecular flexibility index (Phi) is 3.16. The summed E-state index contributed by atoms with van der Waals surface area (Å²) in [6.07, 6.45) is 1.02. The van der Waals surface area contributed by atoms with Gasteiger partial charge in [-0.15, -0.1) is 0 Å². The minimum atomic E-state index is -1.62. The van der Waals surface area contributed by atoms with Crippen LogP contribution in [0.4, 0.5) is 0 Å². The normalized spacial score (nSPS) is 13.0. The lowest BCUT2D eigenvalue weighted by molar-refractivity contribution is -0.555. The average molecular weight is 179 g/mol. The Balaban J connectivity index is 2.64.